The molecule has 3 saturated heterocycles. The monoisotopic (exact) mass is 644 g/mol. The Bertz CT molecular complexity index is 1490. The Hall–Kier alpha value is -2.91. The molecular formula is C37H46BClN2O5. The number of likely N-dealkylation sites (tertiary alicyclic amines) is 2. The highest BCUT2D eigenvalue weighted by atomic mass is 35.5. The second-order valence-corrected chi connectivity index (χ2v) is 13.9. The Labute approximate surface area is 278 Å². The fourth-order valence-corrected chi connectivity index (χ4v) is 8.65. The van der Waals surface area contributed by atoms with Gasteiger partial charge in [-0.2, -0.15) is 0 Å². The van der Waals surface area contributed by atoms with Crippen molar-refractivity contribution in [3.05, 3.63) is 81.4 Å². The standard InChI is InChI=1S/C37H46BClN2O5/c1-3-8-24(19-27-12-13-29(42)21-32(27)39)11-14-33-34-26(4-2)20-30-35(31(34)22-38(45)46-33)37(44)41(36(30)43)28-15-17-40(18-16-28)23-25-9-6-5-7-10-25/h5-7,9-10,12-13,19,21,28,30-31,33,35,42,45H,3-4,8,11,14-18,20,22-23H2,1-2H3/b24-19+/t30-,31+,33-,35-/m1/s1. The van der Waals surface area contributed by atoms with E-state index in [0.717, 1.165) is 69.3 Å². The minimum atomic E-state index is -0.973. The fourth-order valence-electron chi connectivity index (χ4n) is 8.42. The maximum atomic E-state index is 14.2. The molecule has 0 saturated carbocycles. The molecule has 46 heavy (non-hydrogen) atoms. The van der Waals surface area contributed by atoms with E-state index >= 15 is 0 Å². The number of allylic oxidation sites excluding steroid dienone is 2. The molecule has 0 unspecified atom stereocenters. The minimum Gasteiger partial charge on any atom is -0.508 e. The maximum absolute atomic E-state index is 14.2. The Morgan fingerprint density at radius 3 is 2.50 bits per heavy atom. The van der Waals surface area contributed by atoms with Gasteiger partial charge in [0, 0.05) is 25.7 Å². The smallest absolute Gasteiger partial charge is 0.455 e. The van der Waals surface area contributed by atoms with Crippen molar-refractivity contribution in [1.29, 1.82) is 0 Å². The first-order valence-electron chi connectivity index (χ1n) is 17.1. The third-order valence-electron chi connectivity index (χ3n) is 10.6. The van der Waals surface area contributed by atoms with E-state index in [0.29, 0.717) is 24.2 Å². The van der Waals surface area contributed by atoms with Crippen LogP contribution in [0.5, 0.6) is 5.75 Å². The van der Waals surface area contributed by atoms with Crippen LogP contribution in [0.25, 0.3) is 6.08 Å². The van der Waals surface area contributed by atoms with E-state index in [1.165, 1.54) is 16.7 Å². The number of benzene rings is 2. The van der Waals surface area contributed by atoms with Crippen molar-refractivity contribution in [3.63, 3.8) is 0 Å². The predicted molar refractivity (Wildman–Crippen MR) is 182 cm³/mol. The van der Waals surface area contributed by atoms with Crippen LogP contribution in [0, 0.1) is 17.8 Å². The lowest BCUT2D eigenvalue weighted by Crippen LogP contribution is -2.48. The van der Waals surface area contributed by atoms with Crippen LogP contribution in [0.1, 0.15) is 76.3 Å². The number of nitrogens with zero attached hydrogens (tertiary/aromatic N) is 2. The second-order valence-electron chi connectivity index (χ2n) is 13.5. The van der Waals surface area contributed by atoms with Crippen LogP contribution in [-0.4, -0.2) is 64.1 Å². The number of fused-ring (bicyclic) bond motifs is 3. The van der Waals surface area contributed by atoms with Crippen LogP contribution in [-0.2, 0) is 20.8 Å². The molecule has 2 N–H and O–H groups in total. The Morgan fingerprint density at radius 2 is 1.80 bits per heavy atom. The van der Waals surface area contributed by atoms with E-state index in [-0.39, 0.29) is 41.5 Å². The summed E-state index contributed by atoms with van der Waals surface area (Å²) in [6.07, 6.45) is 8.41. The van der Waals surface area contributed by atoms with Crippen molar-refractivity contribution in [3.8, 4) is 5.75 Å². The van der Waals surface area contributed by atoms with E-state index in [4.69, 9.17) is 16.3 Å². The Morgan fingerprint density at radius 1 is 1.04 bits per heavy atom. The van der Waals surface area contributed by atoms with Gasteiger partial charge in [-0.05, 0) is 92.1 Å². The van der Waals surface area contributed by atoms with Crippen LogP contribution in [0.15, 0.2) is 65.3 Å². The molecule has 0 aromatic heterocycles. The fraction of sp³-hybridized carbons (Fsp3) is 0.514. The summed E-state index contributed by atoms with van der Waals surface area (Å²) in [7, 11) is -0.973. The number of amides is 2. The molecule has 3 fully saturated rings. The van der Waals surface area contributed by atoms with Crippen molar-refractivity contribution in [2.75, 3.05) is 13.1 Å². The average Bonchev–Trinajstić information content (AvgIpc) is 3.30. The molecule has 6 rings (SSSR count). The molecule has 9 heteroatoms. The number of aromatic hydroxyl groups is 1. The van der Waals surface area contributed by atoms with Crippen molar-refractivity contribution >= 4 is 36.6 Å². The summed E-state index contributed by atoms with van der Waals surface area (Å²) in [4.78, 5) is 32.2. The summed E-state index contributed by atoms with van der Waals surface area (Å²) in [5.74, 6) is -0.892. The quantitative estimate of drug-likeness (QED) is 0.167. The number of phenols is 1. The largest absolute Gasteiger partial charge is 0.508 e. The lowest BCUT2D eigenvalue weighted by Gasteiger charge is -2.43. The van der Waals surface area contributed by atoms with E-state index in [9.17, 15) is 19.7 Å². The molecule has 0 spiro atoms. The number of halogens is 1. The first kappa shape index (κ1) is 33.0. The zero-order valence-corrected chi connectivity index (χ0v) is 27.8. The molecule has 4 atom stereocenters. The molecular weight excluding hydrogens is 599 g/mol. The normalized spacial score (nSPS) is 26.1. The Balaban J connectivity index is 1.17. The van der Waals surface area contributed by atoms with Gasteiger partial charge in [0.05, 0.1) is 23.0 Å². The van der Waals surface area contributed by atoms with Crippen LogP contribution in [0.3, 0.4) is 0 Å². The summed E-state index contributed by atoms with van der Waals surface area (Å²) >= 11 is 6.42. The molecule has 3 heterocycles. The lowest BCUT2D eigenvalue weighted by atomic mass is 9.58. The predicted octanol–water partition coefficient (Wildman–Crippen LogP) is 6.88. The van der Waals surface area contributed by atoms with Gasteiger partial charge in [-0.25, -0.2) is 0 Å². The van der Waals surface area contributed by atoms with Gasteiger partial charge < -0.3 is 14.8 Å². The summed E-state index contributed by atoms with van der Waals surface area (Å²) in [5, 5.41) is 21.2. The third kappa shape index (κ3) is 6.87. The average molecular weight is 645 g/mol. The highest BCUT2D eigenvalue weighted by Crippen LogP contribution is 2.52. The first-order chi connectivity index (χ1) is 22.3. The molecule has 3 aliphatic heterocycles. The third-order valence-corrected chi connectivity index (χ3v) is 10.9. The summed E-state index contributed by atoms with van der Waals surface area (Å²) in [6.45, 7) is 6.86. The minimum absolute atomic E-state index is 0.0158. The van der Waals surface area contributed by atoms with Crippen LogP contribution < -0.4 is 0 Å². The van der Waals surface area contributed by atoms with Crippen molar-refractivity contribution in [2.45, 2.75) is 90.2 Å². The lowest BCUT2D eigenvalue weighted by molar-refractivity contribution is -0.144. The van der Waals surface area contributed by atoms with E-state index in [2.05, 4.69) is 49.1 Å². The zero-order chi connectivity index (χ0) is 32.4. The first-order valence-corrected chi connectivity index (χ1v) is 17.5. The molecule has 0 bridgehead atoms. The number of piperidine rings is 1. The maximum Gasteiger partial charge on any atom is 0.455 e. The number of carbonyl (C=O) groups is 2. The SMILES string of the molecule is CCC/C(=C\c1ccc(O)cc1Cl)CC[C@H]1OB(O)C[C@H]2C1=C(CC)C[C@H]1C(=O)N(C3CCN(Cc4ccccc4)CC3)C(=O)[C@H]12. The number of phenolic OH excluding ortho intramolecular Hbond substituents is 1. The highest BCUT2D eigenvalue weighted by Gasteiger charge is 2.58. The Kier molecular flexibility index (Phi) is 10.4. The van der Waals surface area contributed by atoms with Crippen molar-refractivity contribution in [1.82, 2.24) is 9.80 Å². The van der Waals surface area contributed by atoms with Gasteiger partial charge in [0.1, 0.15) is 5.75 Å². The summed E-state index contributed by atoms with van der Waals surface area (Å²) in [5.41, 5.74) is 5.72. The number of hydrogen-bond acceptors (Lipinski definition) is 6. The summed E-state index contributed by atoms with van der Waals surface area (Å²) in [6, 6.07) is 15.4. The number of imide groups is 1. The molecule has 7 nitrogen and oxygen atoms in total. The molecule has 1 aliphatic carbocycles. The second kappa shape index (κ2) is 14.5. The molecule has 0 radical (unpaired) electrons. The van der Waals surface area contributed by atoms with E-state index < -0.39 is 13.0 Å². The van der Waals surface area contributed by atoms with E-state index in [1.54, 1.807) is 17.0 Å². The molecule has 4 aliphatic rings. The van der Waals surface area contributed by atoms with Gasteiger partial charge in [0.15, 0.2) is 0 Å². The van der Waals surface area contributed by atoms with Crippen LogP contribution in [0.4, 0.5) is 0 Å². The molecule has 2 aromatic rings. The molecule has 2 amide bonds. The summed E-state index contributed by atoms with van der Waals surface area (Å²) < 4.78 is 6.22. The van der Waals surface area contributed by atoms with Gasteiger partial charge in [-0.1, -0.05) is 79.4 Å². The molecule has 244 valence electrons. The van der Waals surface area contributed by atoms with Gasteiger partial charge in [0.2, 0.25) is 11.8 Å². The van der Waals surface area contributed by atoms with Crippen molar-refractivity contribution in [2.24, 2.45) is 17.8 Å². The number of carbonyl (C=O) groups excluding carboxylic acids is 2. The number of rotatable bonds is 10. The molecule has 2 aromatic carbocycles. The van der Waals surface area contributed by atoms with Gasteiger partial charge in [0.25, 0.3) is 0 Å². The number of hydrogen-bond donors (Lipinski definition) is 2. The van der Waals surface area contributed by atoms with Crippen LogP contribution >= 0.6 is 11.6 Å². The van der Waals surface area contributed by atoms with Crippen molar-refractivity contribution < 1.29 is 24.4 Å². The highest BCUT2D eigenvalue weighted by molar-refractivity contribution is 6.43. The topological polar surface area (TPSA) is 90.3 Å². The zero-order valence-electron chi connectivity index (χ0n) is 27.0. The van der Waals surface area contributed by atoms with Gasteiger partial charge in [-0.15, -0.1) is 0 Å². The van der Waals surface area contributed by atoms with Gasteiger partial charge >= 0.3 is 7.12 Å². The van der Waals surface area contributed by atoms with Crippen LogP contribution in [0.2, 0.25) is 11.3 Å². The van der Waals surface area contributed by atoms with E-state index in [1.807, 2.05) is 12.1 Å². The van der Waals surface area contributed by atoms with Gasteiger partial charge in [-0.3, -0.25) is 19.4 Å².